The van der Waals surface area contributed by atoms with Gasteiger partial charge in [0.05, 0.1) is 6.42 Å². The summed E-state index contributed by atoms with van der Waals surface area (Å²) in [6, 6.07) is 10.1. The van der Waals surface area contributed by atoms with Gasteiger partial charge < -0.3 is 9.88 Å². The average molecular weight is 312 g/mol. The molecule has 1 saturated carbocycles. The first-order valence-corrected chi connectivity index (χ1v) is 8.39. The second kappa shape index (κ2) is 6.19. The minimum Gasteiger partial charge on any atom is -0.336 e. The molecule has 1 aliphatic carbocycles. The molecule has 1 heterocycles. The summed E-state index contributed by atoms with van der Waals surface area (Å²) in [7, 11) is 0. The van der Waals surface area contributed by atoms with Gasteiger partial charge in [-0.2, -0.15) is 0 Å². The third kappa shape index (κ3) is 3.31. The molecule has 1 amide bonds. The smallest absolute Gasteiger partial charge is 0.252 e. The summed E-state index contributed by atoms with van der Waals surface area (Å²) in [5.74, 6) is 0.476. The van der Waals surface area contributed by atoms with Crippen LogP contribution in [-0.4, -0.2) is 27.9 Å². The largest absolute Gasteiger partial charge is 0.336 e. The van der Waals surface area contributed by atoms with E-state index in [2.05, 4.69) is 25.8 Å². The van der Waals surface area contributed by atoms with E-state index in [4.69, 9.17) is 0 Å². The fraction of sp³-hybridized carbons (Fsp3) is 0.474. The van der Waals surface area contributed by atoms with Crippen molar-refractivity contribution in [3.05, 3.63) is 46.2 Å². The molecule has 0 spiro atoms. The highest BCUT2D eigenvalue weighted by Crippen LogP contribution is 2.31. The molecule has 0 bridgehead atoms. The Morgan fingerprint density at radius 3 is 2.61 bits per heavy atom. The number of nitrogens with zero attached hydrogens (tertiary/aromatic N) is 1. The van der Waals surface area contributed by atoms with Gasteiger partial charge in [-0.3, -0.25) is 9.59 Å². The fourth-order valence-corrected chi connectivity index (χ4v) is 3.02. The Balaban J connectivity index is 1.86. The molecule has 1 aromatic heterocycles. The number of rotatable bonds is 5. The lowest BCUT2D eigenvalue weighted by Crippen LogP contribution is -2.44. The summed E-state index contributed by atoms with van der Waals surface area (Å²) < 4.78 is 0. The van der Waals surface area contributed by atoms with E-state index in [1.807, 2.05) is 35.2 Å². The van der Waals surface area contributed by atoms with Crippen LogP contribution in [0.1, 0.15) is 39.2 Å². The summed E-state index contributed by atoms with van der Waals surface area (Å²) in [5, 5.41) is 0.963. The molecule has 1 N–H and O–H groups in total. The Hall–Kier alpha value is -2.10. The maximum atomic E-state index is 12.8. The third-order valence-corrected chi connectivity index (χ3v) is 4.80. The van der Waals surface area contributed by atoms with E-state index < -0.39 is 0 Å². The van der Waals surface area contributed by atoms with Gasteiger partial charge in [0.1, 0.15) is 0 Å². The molecule has 2 aromatic rings. The zero-order valence-corrected chi connectivity index (χ0v) is 14.0. The van der Waals surface area contributed by atoms with Crippen LogP contribution in [0.4, 0.5) is 0 Å². The van der Waals surface area contributed by atoms with Crippen molar-refractivity contribution >= 4 is 16.8 Å². The zero-order chi connectivity index (χ0) is 16.6. The Labute approximate surface area is 136 Å². The molecule has 1 unspecified atom stereocenters. The number of fused-ring (bicyclic) bond motifs is 1. The summed E-state index contributed by atoms with van der Waals surface area (Å²) in [4.78, 5) is 29.9. The van der Waals surface area contributed by atoms with Crippen LogP contribution in [0.5, 0.6) is 0 Å². The zero-order valence-electron chi connectivity index (χ0n) is 14.0. The van der Waals surface area contributed by atoms with Crippen molar-refractivity contribution in [1.29, 1.82) is 0 Å². The molecule has 0 saturated heterocycles. The third-order valence-electron chi connectivity index (χ3n) is 4.80. The van der Waals surface area contributed by atoms with E-state index in [-0.39, 0.29) is 23.9 Å². The molecule has 0 aliphatic heterocycles. The van der Waals surface area contributed by atoms with Crippen LogP contribution < -0.4 is 5.56 Å². The van der Waals surface area contributed by atoms with Crippen LogP contribution in [-0.2, 0) is 11.2 Å². The summed E-state index contributed by atoms with van der Waals surface area (Å²) in [6.45, 7) is 6.37. The quantitative estimate of drug-likeness (QED) is 0.922. The number of nitrogens with one attached hydrogen (secondary N) is 1. The Morgan fingerprint density at radius 2 is 1.96 bits per heavy atom. The lowest BCUT2D eigenvalue weighted by Gasteiger charge is -2.32. The maximum absolute atomic E-state index is 12.8. The van der Waals surface area contributed by atoms with Gasteiger partial charge in [0, 0.05) is 23.2 Å². The minimum absolute atomic E-state index is 0.0643. The number of carbonyl (C=O) groups excluding carboxylic acids is 1. The molecule has 4 heteroatoms. The Kier molecular flexibility index (Phi) is 4.24. The van der Waals surface area contributed by atoms with Gasteiger partial charge in [-0.25, -0.2) is 0 Å². The van der Waals surface area contributed by atoms with Crippen LogP contribution >= 0.6 is 0 Å². The average Bonchev–Trinajstić information content (AvgIpc) is 3.32. The predicted molar refractivity (Wildman–Crippen MR) is 92.4 cm³/mol. The van der Waals surface area contributed by atoms with Gasteiger partial charge in [-0.15, -0.1) is 0 Å². The van der Waals surface area contributed by atoms with Crippen molar-refractivity contribution in [2.24, 2.45) is 5.92 Å². The van der Waals surface area contributed by atoms with Crippen LogP contribution in [0.15, 0.2) is 35.1 Å². The molecule has 1 fully saturated rings. The number of carbonyl (C=O) groups is 1. The highest BCUT2D eigenvalue weighted by atomic mass is 16.2. The molecule has 1 aromatic carbocycles. The molecule has 23 heavy (non-hydrogen) atoms. The molecule has 0 radical (unpaired) electrons. The van der Waals surface area contributed by atoms with Crippen molar-refractivity contribution in [2.45, 2.75) is 52.1 Å². The van der Waals surface area contributed by atoms with Crippen LogP contribution in [0.3, 0.4) is 0 Å². The van der Waals surface area contributed by atoms with Crippen LogP contribution in [0, 0.1) is 5.92 Å². The fourth-order valence-electron chi connectivity index (χ4n) is 3.02. The van der Waals surface area contributed by atoms with E-state index in [1.165, 1.54) is 0 Å². The second-order valence-corrected chi connectivity index (χ2v) is 6.90. The number of aromatic nitrogens is 1. The molecule has 122 valence electrons. The molecule has 4 nitrogen and oxygen atoms in total. The molecular formula is C19H24N2O2. The number of aromatic amines is 1. The monoisotopic (exact) mass is 312 g/mol. The topological polar surface area (TPSA) is 53.2 Å². The Morgan fingerprint density at radius 1 is 1.26 bits per heavy atom. The number of para-hydroxylation sites is 1. The second-order valence-electron chi connectivity index (χ2n) is 6.90. The molecule has 3 rings (SSSR count). The van der Waals surface area contributed by atoms with Crippen molar-refractivity contribution in [1.82, 2.24) is 9.88 Å². The van der Waals surface area contributed by atoms with Crippen LogP contribution in [0.25, 0.3) is 10.9 Å². The van der Waals surface area contributed by atoms with Gasteiger partial charge in [0.15, 0.2) is 0 Å². The van der Waals surface area contributed by atoms with E-state index in [1.54, 1.807) is 0 Å². The van der Waals surface area contributed by atoms with E-state index >= 15 is 0 Å². The van der Waals surface area contributed by atoms with Crippen molar-refractivity contribution in [3.8, 4) is 0 Å². The lowest BCUT2D eigenvalue weighted by atomic mass is 10.0. The first-order valence-electron chi connectivity index (χ1n) is 8.39. The Bertz CT molecular complexity index is 774. The minimum atomic E-state index is -0.162. The van der Waals surface area contributed by atoms with E-state index in [9.17, 15) is 9.59 Å². The predicted octanol–water partition coefficient (Wildman–Crippen LogP) is 3.11. The summed E-state index contributed by atoms with van der Waals surface area (Å²) in [6.07, 6.45) is 2.33. The summed E-state index contributed by atoms with van der Waals surface area (Å²) >= 11 is 0. The van der Waals surface area contributed by atoms with Crippen molar-refractivity contribution < 1.29 is 4.79 Å². The first kappa shape index (κ1) is 15.8. The standard InChI is InChI=1S/C19H24N2O2/c1-12(2)13(3)21(16-8-9-16)18(22)11-15-10-14-6-4-5-7-17(14)20-19(15)23/h4-7,10,12-13,16H,8-9,11H2,1-3H3,(H,20,23). The summed E-state index contributed by atoms with van der Waals surface area (Å²) in [5.41, 5.74) is 1.20. The first-order chi connectivity index (χ1) is 11.0. The number of H-pyrrole nitrogens is 1. The molecule has 1 aliphatic rings. The number of hydrogen-bond acceptors (Lipinski definition) is 2. The van der Waals surface area contributed by atoms with E-state index in [0.717, 1.165) is 23.7 Å². The highest BCUT2D eigenvalue weighted by Gasteiger charge is 2.36. The number of amides is 1. The lowest BCUT2D eigenvalue weighted by molar-refractivity contribution is -0.134. The van der Waals surface area contributed by atoms with Gasteiger partial charge >= 0.3 is 0 Å². The molecular weight excluding hydrogens is 288 g/mol. The maximum Gasteiger partial charge on any atom is 0.252 e. The van der Waals surface area contributed by atoms with Crippen molar-refractivity contribution in [2.75, 3.05) is 0 Å². The van der Waals surface area contributed by atoms with Crippen LogP contribution in [0.2, 0.25) is 0 Å². The highest BCUT2D eigenvalue weighted by molar-refractivity contribution is 5.83. The normalized spacial score (nSPS) is 15.8. The van der Waals surface area contributed by atoms with Gasteiger partial charge in [-0.05, 0) is 43.2 Å². The van der Waals surface area contributed by atoms with Gasteiger partial charge in [0.2, 0.25) is 5.91 Å². The van der Waals surface area contributed by atoms with Gasteiger partial charge in [-0.1, -0.05) is 32.0 Å². The number of hydrogen-bond donors (Lipinski definition) is 1. The SMILES string of the molecule is CC(C)C(C)N(C(=O)Cc1cc2ccccc2[nH]c1=O)C1CC1. The number of pyridine rings is 1. The number of benzene rings is 1. The van der Waals surface area contributed by atoms with E-state index in [0.29, 0.717) is 17.5 Å². The van der Waals surface area contributed by atoms with Gasteiger partial charge in [0.25, 0.3) is 5.56 Å². The molecule has 1 atom stereocenters. The van der Waals surface area contributed by atoms with Crippen molar-refractivity contribution in [3.63, 3.8) is 0 Å².